The van der Waals surface area contributed by atoms with Gasteiger partial charge in [-0.2, -0.15) is 11.3 Å². The summed E-state index contributed by atoms with van der Waals surface area (Å²) in [6.45, 7) is 9.20. The third kappa shape index (κ3) is 8.22. The van der Waals surface area contributed by atoms with Crippen molar-refractivity contribution in [2.24, 2.45) is 0 Å². The van der Waals surface area contributed by atoms with Gasteiger partial charge in [-0.3, -0.25) is 4.98 Å². The smallest absolute Gasteiger partial charge is 0 e. The molecule has 0 aliphatic rings. The van der Waals surface area contributed by atoms with Crippen molar-refractivity contribution in [2.75, 3.05) is 0 Å². The molecule has 0 aliphatic heterocycles. The molecule has 0 amide bonds. The zero-order valence-corrected chi connectivity index (χ0v) is 38.7. The predicted octanol–water partition coefficient (Wildman–Crippen LogP) is 13.9. The number of imidazole rings is 1. The van der Waals surface area contributed by atoms with Crippen LogP contribution in [0.2, 0.25) is 17.3 Å². The molecular formula is C51H47GeIrN3S-2. The summed E-state index contributed by atoms with van der Waals surface area (Å²) in [6.07, 6.45) is 1.89. The molecule has 0 saturated heterocycles. The maximum absolute atomic E-state index is 7.65. The van der Waals surface area contributed by atoms with E-state index in [0.29, 0.717) is 23.1 Å². The van der Waals surface area contributed by atoms with Gasteiger partial charge in [0.15, 0.2) is 0 Å². The van der Waals surface area contributed by atoms with Gasteiger partial charge in [-0.05, 0) is 74.5 Å². The van der Waals surface area contributed by atoms with E-state index in [2.05, 4.69) is 176 Å². The molecule has 3 nitrogen and oxygen atoms in total. The van der Waals surface area contributed by atoms with E-state index in [-0.39, 0.29) is 38.2 Å². The molecule has 6 heteroatoms. The van der Waals surface area contributed by atoms with Crippen molar-refractivity contribution in [3.8, 4) is 39.5 Å². The molecule has 0 unspecified atom stereocenters. The largest absolute Gasteiger partial charge is 0 e. The first-order valence-electron chi connectivity index (χ1n) is 20.8. The molecule has 0 saturated carbocycles. The van der Waals surface area contributed by atoms with E-state index >= 15 is 0 Å². The second kappa shape index (κ2) is 17.1. The van der Waals surface area contributed by atoms with E-state index in [4.69, 9.17) is 9.10 Å². The van der Waals surface area contributed by atoms with E-state index < -0.39 is 13.3 Å². The van der Waals surface area contributed by atoms with Crippen LogP contribution in [0, 0.1) is 12.1 Å². The molecule has 0 bridgehead atoms. The SMILES string of the molecule is CC(C)c1cc(-c2ccccc2)cc(C(C)C)c1-n1c(-c2[c-]ccc3c2sc2ccccc23)nc2ccccc21.[2H]c1[c-]c(-c2cc[c]([Ge]([CH3])([CH3])[CH3])cn2)cc([2H])c1[2H].[Ir]. The van der Waals surface area contributed by atoms with Gasteiger partial charge in [0, 0.05) is 30.5 Å². The number of pyridine rings is 1. The van der Waals surface area contributed by atoms with Gasteiger partial charge < -0.3 is 4.57 Å². The van der Waals surface area contributed by atoms with Crippen molar-refractivity contribution in [3.05, 3.63) is 169 Å². The van der Waals surface area contributed by atoms with Gasteiger partial charge in [0.2, 0.25) is 0 Å². The molecule has 9 aromatic rings. The van der Waals surface area contributed by atoms with Crippen molar-refractivity contribution < 1.29 is 24.2 Å². The van der Waals surface area contributed by atoms with Crippen LogP contribution >= 0.6 is 11.3 Å². The summed E-state index contributed by atoms with van der Waals surface area (Å²) in [5.74, 6) is 8.53. The number of para-hydroxylation sites is 2. The van der Waals surface area contributed by atoms with E-state index in [1.165, 1.54) is 52.5 Å². The van der Waals surface area contributed by atoms with Crippen LogP contribution in [-0.2, 0) is 20.1 Å². The van der Waals surface area contributed by atoms with Gasteiger partial charge in [0.25, 0.3) is 0 Å². The fraction of sp³-hybridized carbons (Fsp3) is 0.176. The Morgan fingerprint density at radius 3 is 2.11 bits per heavy atom. The molecular weight excluding hydrogens is 951 g/mol. The van der Waals surface area contributed by atoms with E-state index in [1.54, 1.807) is 6.07 Å². The zero-order valence-electron chi connectivity index (χ0n) is 36.4. The molecule has 0 spiro atoms. The Kier molecular flexibility index (Phi) is 11.0. The number of benzene rings is 6. The van der Waals surface area contributed by atoms with E-state index in [1.807, 2.05) is 23.6 Å². The third-order valence-electron chi connectivity index (χ3n) is 10.3. The number of hydrogen-bond donors (Lipinski definition) is 0. The van der Waals surface area contributed by atoms with Crippen LogP contribution in [0.1, 0.15) is 54.8 Å². The average Bonchev–Trinajstić information content (AvgIpc) is 3.81. The molecule has 57 heavy (non-hydrogen) atoms. The van der Waals surface area contributed by atoms with Gasteiger partial charge in [-0.1, -0.05) is 99.3 Å². The van der Waals surface area contributed by atoms with Gasteiger partial charge in [0.1, 0.15) is 0 Å². The fourth-order valence-corrected chi connectivity index (χ4v) is 10.7. The number of hydrogen-bond acceptors (Lipinski definition) is 3. The predicted molar refractivity (Wildman–Crippen MR) is 243 cm³/mol. The Balaban J connectivity index is 0.000000230. The van der Waals surface area contributed by atoms with Gasteiger partial charge in [0.05, 0.1) is 16.9 Å². The monoisotopic (exact) mass is 1000 g/mol. The van der Waals surface area contributed by atoms with Crippen molar-refractivity contribution >= 4 is 60.2 Å². The van der Waals surface area contributed by atoms with Crippen LogP contribution in [0.3, 0.4) is 0 Å². The molecule has 3 aromatic heterocycles. The Hall–Kier alpha value is -4.65. The van der Waals surface area contributed by atoms with Crippen LogP contribution in [0.5, 0.6) is 0 Å². The maximum atomic E-state index is 7.65. The normalized spacial score (nSPS) is 12.3. The van der Waals surface area contributed by atoms with Crippen molar-refractivity contribution in [3.63, 3.8) is 0 Å². The molecule has 287 valence electrons. The summed E-state index contributed by atoms with van der Waals surface area (Å²) in [5, 5.41) is 2.55. The minimum absolute atomic E-state index is 0. The minimum atomic E-state index is -1.86. The average molecular weight is 1000 g/mol. The third-order valence-corrected chi connectivity index (χ3v) is 15.8. The van der Waals surface area contributed by atoms with Crippen LogP contribution in [0.25, 0.3) is 70.7 Å². The summed E-state index contributed by atoms with van der Waals surface area (Å²) in [4.78, 5) is 9.71. The molecule has 9 rings (SSSR count). The summed E-state index contributed by atoms with van der Waals surface area (Å²) in [6, 6.07) is 48.8. The fourth-order valence-electron chi connectivity index (χ4n) is 7.31. The summed E-state index contributed by atoms with van der Waals surface area (Å²) < 4.78 is 29.0. The maximum Gasteiger partial charge on any atom is 0 e. The Bertz CT molecular complexity index is 2920. The first kappa shape index (κ1) is 36.7. The van der Waals surface area contributed by atoms with Crippen molar-refractivity contribution in [2.45, 2.75) is 56.8 Å². The Morgan fingerprint density at radius 2 is 1.42 bits per heavy atom. The molecule has 0 N–H and O–H groups in total. The van der Waals surface area contributed by atoms with Gasteiger partial charge >= 0.3 is 104 Å². The summed E-state index contributed by atoms with van der Waals surface area (Å²) in [5.41, 5.74) is 10.9. The van der Waals surface area contributed by atoms with E-state index in [0.717, 1.165) is 22.4 Å². The molecule has 0 aliphatic carbocycles. The first-order valence-corrected chi connectivity index (χ1v) is 27.5. The van der Waals surface area contributed by atoms with E-state index in [9.17, 15) is 0 Å². The van der Waals surface area contributed by atoms with Crippen molar-refractivity contribution in [1.29, 1.82) is 0 Å². The quantitative estimate of drug-likeness (QED) is 0.118. The van der Waals surface area contributed by atoms with Crippen LogP contribution < -0.4 is 4.40 Å². The standard InChI is InChI=1S/C37H31N2S.C14H16GeN.Ir/c1-23(2)30-21-26(25-13-6-5-7-14-25)22-31(24(3)4)35(30)39-33-19-10-9-18-32(33)38-37(39)29-17-12-16-28-27-15-8-11-20-34(27)40-36(28)29;1-15(2,3)13-9-10-14(16-11-13)12-7-5-4-6-8-12;/h5-16,18-24H,1-4H3;4-7,9-11H,1-3H3;/q2*-1;/i;4D,5D,6D;. The Morgan fingerprint density at radius 1 is 0.719 bits per heavy atom. The molecule has 6 aromatic carbocycles. The summed E-state index contributed by atoms with van der Waals surface area (Å²) in [7, 11) is 0. The van der Waals surface area contributed by atoms with Gasteiger partial charge in [-0.15, -0.1) is 18.2 Å². The first-order chi connectivity index (χ1) is 28.3. The number of thiophene rings is 1. The van der Waals surface area contributed by atoms with Crippen LogP contribution in [0.15, 0.2) is 146 Å². The second-order valence-electron chi connectivity index (χ2n) is 15.9. The minimum Gasteiger partial charge on any atom is 0 e. The van der Waals surface area contributed by atoms with Crippen LogP contribution in [-0.4, -0.2) is 27.8 Å². The number of rotatable bonds is 7. The molecule has 3 heterocycles. The Labute approximate surface area is 361 Å². The topological polar surface area (TPSA) is 30.7 Å². The second-order valence-corrected chi connectivity index (χ2v) is 27.6. The van der Waals surface area contributed by atoms with Gasteiger partial charge in [-0.25, -0.2) is 0 Å². The molecule has 0 atom stereocenters. The number of aromatic nitrogens is 3. The molecule has 1 radical (unpaired) electrons. The molecule has 0 fully saturated rings. The number of nitrogens with zero attached hydrogens (tertiary/aromatic N) is 3. The number of fused-ring (bicyclic) bond motifs is 4. The van der Waals surface area contributed by atoms with Crippen LogP contribution in [0.4, 0.5) is 0 Å². The van der Waals surface area contributed by atoms with Crippen molar-refractivity contribution in [1.82, 2.24) is 14.5 Å². The summed E-state index contributed by atoms with van der Waals surface area (Å²) >= 11 is -0.0244. The zero-order chi connectivity index (χ0) is 41.6.